The Balaban J connectivity index is 1.93. The van der Waals surface area contributed by atoms with Crippen molar-refractivity contribution >= 4 is 12.0 Å². The third kappa shape index (κ3) is 0.918. The Bertz CT molecular complexity index is 269. The predicted molar refractivity (Wildman–Crippen MR) is 42.5 cm³/mol. The van der Waals surface area contributed by atoms with Crippen LogP contribution in [-0.4, -0.2) is 22.6 Å². The standard InChI is InChI=1S/C7H11N3O3/c8-10-4(11)6-1-7(2-6,3-6)9-5(12)13/h9H,1-3,8H2,(H,10,11)(H,12,13). The van der Waals surface area contributed by atoms with E-state index < -0.39 is 6.09 Å². The lowest BCUT2D eigenvalue weighted by Crippen LogP contribution is -2.78. The number of carbonyl (C=O) groups is 2. The van der Waals surface area contributed by atoms with Gasteiger partial charge in [0.15, 0.2) is 0 Å². The summed E-state index contributed by atoms with van der Waals surface area (Å²) in [5.74, 6) is 4.82. The van der Waals surface area contributed by atoms with Gasteiger partial charge in [-0.1, -0.05) is 0 Å². The van der Waals surface area contributed by atoms with Crippen LogP contribution in [0, 0.1) is 5.41 Å². The Morgan fingerprint density at radius 2 is 1.85 bits per heavy atom. The van der Waals surface area contributed by atoms with Crippen molar-refractivity contribution in [3.8, 4) is 0 Å². The number of hydrogen-bond donors (Lipinski definition) is 4. The molecule has 0 aromatic rings. The van der Waals surface area contributed by atoms with Gasteiger partial charge in [-0.2, -0.15) is 0 Å². The minimum absolute atomic E-state index is 0.179. The molecule has 3 aliphatic rings. The van der Waals surface area contributed by atoms with E-state index >= 15 is 0 Å². The Hall–Kier alpha value is -1.30. The highest BCUT2D eigenvalue weighted by Crippen LogP contribution is 2.67. The molecule has 13 heavy (non-hydrogen) atoms. The van der Waals surface area contributed by atoms with Crippen molar-refractivity contribution in [3.63, 3.8) is 0 Å². The van der Waals surface area contributed by atoms with Crippen LogP contribution in [0.4, 0.5) is 4.79 Å². The summed E-state index contributed by atoms with van der Waals surface area (Å²) in [6.45, 7) is 0. The summed E-state index contributed by atoms with van der Waals surface area (Å²) in [7, 11) is 0. The Labute approximate surface area is 74.4 Å². The predicted octanol–water partition coefficient (Wildman–Crippen LogP) is -0.833. The van der Waals surface area contributed by atoms with Crippen molar-refractivity contribution in [2.45, 2.75) is 24.8 Å². The summed E-state index contributed by atoms with van der Waals surface area (Å²) < 4.78 is 0. The zero-order valence-corrected chi connectivity index (χ0v) is 6.96. The van der Waals surface area contributed by atoms with Crippen LogP contribution in [-0.2, 0) is 4.79 Å². The van der Waals surface area contributed by atoms with Crippen LogP contribution in [0.2, 0.25) is 0 Å². The van der Waals surface area contributed by atoms with E-state index in [4.69, 9.17) is 10.9 Å². The Morgan fingerprint density at radius 3 is 2.23 bits per heavy atom. The zero-order valence-electron chi connectivity index (χ0n) is 6.96. The minimum Gasteiger partial charge on any atom is -0.465 e. The molecule has 3 aliphatic carbocycles. The molecule has 0 spiro atoms. The lowest BCUT2D eigenvalue weighted by atomic mass is 9.39. The summed E-state index contributed by atoms with van der Waals surface area (Å²) in [6.07, 6.45) is 0.710. The van der Waals surface area contributed by atoms with Crippen molar-refractivity contribution in [1.29, 1.82) is 0 Å². The molecular formula is C7H11N3O3. The molecule has 0 aromatic heterocycles. The molecule has 0 atom stereocenters. The van der Waals surface area contributed by atoms with E-state index in [9.17, 15) is 9.59 Å². The fourth-order valence-corrected chi connectivity index (χ4v) is 2.54. The number of carbonyl (C=O) groups excluding carboxylic acids is 1. The van der Waals surface area contributed by atoms with Crippen LogP contribution in [0.3, 0.4) is 0 Å². The second kappa shape index (κ2) is 2.14. The maximum absolute atomic E-state index is 11.2. The number of carboxylic acid groups (broad SMARTS) is 1. The molecule has 3 rings (SSSR count). The van der Waals surface area contributed by atoms with E-state index in [0.29, 0.717) is 19.3 Å². The summed E-state index contributed by atoms with van der Waals surface area (Å²) in [5.41, 5.74) is 1.39. The first-order valence-electron chi connectivity index (χ1n) is 4.04. The smallest absolute Gasteiger partial charge is 0.405 e. The lowest BCUT2D eigenvalue weighted by molar-refractivity contribution is -0.178. The van der Waals surface area contributed by atoms with Gasteiger partial charge in [-0.05, 0) is 19.3 Å². The van der Waals surface area contributed by atoms with Gasteiger partial charge in [0.2, 0.25) is 5.91 Å². The molecule has 2 amide bonds. The van der Waals surface area contributed by atoms with Crippen molar-refractivity contribution in [2.75, 3.05) is 0 Å². The number of hydrazine groups is 1. The summed E-state index contributed by atoms with van der Waals surface area (Å²) in [4.78, 5) is 21.5. The number of hydrogen-bond acceptors (Lipinski definition) is 3. The molecule has 6 heteroatoms. The van der Waals surface area contributed by atoms with Gasteiger partial charge in [-0.15, -0.1) is 0 Å². The largest absolute Gasteiger partial charge is 0.465 e. The van der Waals surface area contributed by atoms with E-state index in [1.165, 1.54) is 0 Å². The van der Waals surface area contributed by atoms with Crippen LogP contribution < -0.4 is 16.6 Å². The van der Waals surface area contributed by atoms with Gasteiger partial charge >= 0.3 is 6.09 Å². The lowest BCUT2D eigenvalue weighted by Gasteiger charge is -2.68. The van der Waals surface area contributed by atoms with Gasteiger partial charge in [0.05, 0.1) is 5.41 Å². The monoisotopic (exact) mass is 185 g/mol. The first kappa shape index (κ1) is 8.31. The molecule has 5 N–H and O–H groups in total. The summed E-state index contributed by atoms with van der Waals surface area (Å²) in [5, 5.41) is 10.9. The number of rotatable bonds is 2. The SMILES string of the molecule is NNC(=O)C12CC(NC(=O)O)(C1)C2. The van der Waals surface area contributed by atoms with Crippen LogP contribution in [0.25, 0.3) is 0 Å². The number of nitrogens with two attached hydrogens (primary N) is 1. The molecule has 0 heterocycles. The van der Waals surface area contributed by atoms with Crippen molar-refractivity contribution in [2.24, 2.45) is 11.3 Å². The van der Waals surface area contributed by atoms with E-state index in [1.54, 1.807) is 0 Å². The number of nitrogens with one attached hydrogen (secondary N) is 2. The van der Waals surface area contributed by atoms with Crippen LogP contribution in [0.1, 0.15) is 19.3 Å². The molecule has 0 radical (unpaired) electrons. The third-order valence-electron chi connectivity index (χ3n) is 3.02. The van der Waals surface area contributed by atoms with Gasteiger partial charge in [0.1, 0.15) is 0 Å². The molecule has 6 nitrogen and oxygen atoms in total. The van der Waals surface area contributed by atoms with Crippen LogP contribution >= 0.6 is 0 Å². The van der Waals surface area contributed by atoms with Crippen molar-refractivity contribution in [1.82, 2.24) is 10.7 Å². The second-order valence-electron chi connectivity index (χ2n) is 3.99. The highest BCUT2D eigenvalue weighted by molar-refractivity contribution is 5.87. The molecule has 0 unspecified atom stereocenters. The van der Waals surface area contributed by atoms with Gasteiger partial charge in [0.25, 0.3) is 0 Å². The average molecular weight is 185 g/mol. The van der Waals surface area contributed by atoms with E-state index in [1.807, 2.05) is 0 Å². The topological polar surface area (TPSA) is 104 Å². The van der Waals surface area contributed by atoms with E-state index in [-0.39, 0.29) is 16.9 Å². The Morgan fingerprint density at radius 1 is 1.31 bits per heavy atom. The molecule has 2 bridgehead atoms. The summed E-state index contributed by atoms with van der Waals surface area (Å²) >= 11 is 0. The normalized spacial score (nSPS) is 39.8. The van der Waals surface area contributed by atoms with Gasteiger partial charge in [-0.3, -0.25) is 10.2 Å². The first-order valence-corrected chi connectivity index (χ1v) is 4.04. The zero-order chi connectivity index (χ0) is 9.69. The minimum atomic E-state index is -1.03. The van der Waals surface area contributed by atoms with Crippen molar-refractivity contribution in [3.05, 3.63) is 0 Å². The fourth-order valence-electron chi connectivity index (χ4n) is 2.54. The number of amides is 2. The molecule has 3 fully saturated rings. The fraction of sp³-hybridized carbons (Fsp3) is 0.714. The molecule has 0 aromatic carbocycles. The third-order valence-corrected chi connectivity index (χ3v) is 3.02. The summed E-state index contributed by atoms with van der Waals surface area (Å²) in [6, 6.07) is 0. The van der Waals surface area contributed by atoms with E-state index in [2.05, 4.69) is 10.7 Å². The van der Waals surface area contributed by atoms with Gasteiger partial charge < -0.3 is 10.4 Å². The molecule has 3 saturated carbocycles. The molecule has 0 saturated heterocycles. The van der Waals surface area contributed by atoms with E-state index in [0.717, 1.165) is 0 Å². The molecular weight excluding hydrogens is 174 g/mol. The quantitative estimate of drug-likeness (QED) is 0.256. The molecule has 72 valence electrons. The highest BCUT2D eigenvalue weighted by atomic mass is 16.4. The van der Waals surface area contributed by atoms with Crippen LogP contribution in [0.15, 0.2) is 0 Å². The molecule has 0 aliphatic heterocycles. The van der Waals surface area contributed by atoms with Crippen LogP contribution in [0.5, 0.6) is 0 Å². The van der Waals surface area contributed by atoms with Gasteiger partial charge in [0, 0.05) is 5.54 Å². The maximum Gasteiger partial charge on any atom is 0.405 e. The maximum atomic E-state index is 11.2. The highest BCUT2D eigenvalue weighted by Gasteiger charge is 2.72. The van der Waals surface area contributed by atoms with Gasteiger partial charge in [-0.25, -0.2) is 10.6 Å². The van der Waals surface area contributed by atoms with Crippen molar-refractivity contribution < 1.29 is 14.7 Å². The first-order chi connectivity index (χ1) is 6.02. The second-order valence-corrected chi connectivity index (χ2v) is 3.99. The average Bonchev–Trinajstić information content (AvgIpc) is 1.92. The Kier molecular flexibility index (Phi) is 1.37.